The van der Waals surface area contributed by atoms with Crippen molar-refractivity contribution in [3.63, 3.8) is 0 Å². The Balaban J connectivity index is 1.36. The fourth-order valence-corrected chi connectivity index (χ4v) is 6.40. The molecular formula is C40H58N6O4. The second-order valence-corrected chi connectivity index (χ2v) is 14.6. The second-order valence-electron chi connectivity index (χ2n) is 14.6. The molecule has 3 heterocycles. The van der Waals surface area contributed by atoms with Crippen molar-refractivity contribution >= 4 is 23.4 Å². The first kappa shape index (κ1) is 38.6. The van der Waals surface area contributed by atoms with Crippen molar-refractivity contribution in [2.75, 3.05) is 31.6 Å². The van der Waals surface area contributed by atoms with Crippen LogP contribution in [0.15, 0.2) is 72.6 Å². The van der Waals surface area contributed by atoms with Crippen LogP contribution in [0.5, 0.6) is 0 Å². The number of pyridine rings is 1. The molecule has 10 nitrogen and oxygen atoms in total. The first-order valence-corrected chi connectivity index (χ1v) is 18.1. The van der Waals surface area contributed by atoms with Gasteiger partial charge in [0, 0.05) is 49.9 Å². The molecule has 1 fully saturated rings. The van der Waals surface area contributed by atoms with Crippen molar-refractivity contribution in [1.82, 2.24) is 25.8 Å². The molecule has 50 heavy (non-hydrogen) atoms. The predicted molar refractivity (Wildman–Crippen MR) is 201 cm³/mol. The number of benzene rings is 1. The number of aromatic nitrogens is 1. The SMILES string of the molecule is C=CNC1NC(c2ccc(NC(=O)c3cc(CN4CCCC(NC(=O)OC(C)(C)C)C4)ccn3)cc2)=C/C1=C(/C)C(C)C(C)CCOCCC. The molecule has 10 heteroatoms. The van der Waals surface area contributed by atoms with Gasteiger partial charge in [0.15, 0.2) is 0 Å². The molecular weight excluding hydrogens is 628 g/mol. The molecule has 2 amide bonds. The molecule has 0 saturated carbocycles. The minimum absolute atomic E-state index is 0.0186. The smallest absolute Gasteiger partial charge is 0.407 e. The monoisotopic (exact) mass is 686 g/mol. The fourth-order valence-electron chi connectivity index (χ4n) is 6.40. The zero-order valence-corrected chi connectivity index (χ0v) is 31.1. The zero-order chi connectivity index (χ0) is 36.3. The Labute approximate surface area is 299 Å². The summed E-state index contributed by atoms with van der Waals surface area (Å²) in [5.74, 6) is 0.620. The van der Waals surface area contributed by atoms with Gasteiger partial charge in [-0.15, -0.1) is 0 Å². The molecule has 1 aromatic carbocycles. The normalized spacial score (nSPS) is 20.2. The molecule has 4 atom stereocenters. The maximum Gasteiger partial charge on any atom is 0.407 e. The van der Waals surface area contributed by atoms with Gasteiger partial charge >= 0.3 is 6.09 Å². The van der Waals surface area contributed by atoms with Gasteiger partial charge < -0.3 is 30.7 Å². The number of carbonyl (C=O) groups is 2. The van der Waals surface area contributed by atoms with Crippen LogP contribution in [0.4, 0.5) is 10.5 Å². The highest BCUT2D eigenvalue weighted by molar-refractivity contribution is 6.03. The minimum atomic E-state index is -0.534. The van der Waals surface area contributed by atoms with Crippen molar-refractivity contribution in [3.8, 4) is 0 Å². The number of ether oxygens (including phenoxy) is 2. The van der Waals surface area contributed by atoms with Gasteiger partial charge in [0.05, 0.1) is 0 Å². The van der Waals surface area contributed by atoms with E-state index in [1.807, 2.05) is 57.2 Å². The summed E-state index contributed by atoms with van der Waals surface area (Å²) < 4.78 is 11.2. The average Bonchev–Trinajstić information content (AvgIpc) is 3.49. The maximum atomic E-state index is 13.2. The lowest BCUT2D eigenvalue weighted by molar-refractivity contribution is 0.0470. The molecule has 4 N–H and O–H groups in total. The van der Waals surface area contributed by atoms with Gasteiger partial charge in [-0.25, -0.2) is 4.79 Å². The summed E-state index contributed by atoms with van der Waals surface area (Å²) in [6.45, 7) is 22.3. The first-order valence-electron chi connectivity index (χ1n) is 18.1. The molecule has 0 spiro atoms. The Kier molecular flexibility index (Phi) is 14.1. The number of piperidine rings is 1. The third kappa shape index (κ3) is 11.5. The Hall–Kier alpha value is -4.15. The Bertz CT molecular complexity index is 1510. The third-order valence-electron chi connectivity index (χ3n) is 9.40. The molecule has 1 aromatic heterocycles. The van der Waals surface area contributed by atoms with E-state index < -0.39 is 5.60 Å². The number of likely N-dealkylation sites (tertiary alicyclic amines) is 1. The van der Waals surface area contributed by atoms with Gasteiger partial charge in [0.25, 0.3) is 5.91 Å². The van der Waals surface area contributed by atoms with Crippen molar-refractivity contribution < 1.29 is 19.1 Å². The number of hydrogen-bond donors (Lipinski definition) is 4. The van der Waals surface area contributed by atoms with Crippen molar-refractivity contribution in [3.05, 3.63) is 89.4 Å². The Morgan fingerprint density at radius 2 is 1.92 bits per heavy atom. The first-order chi connectivity index (χ1) is 23.9. The van der Waals surface area contributed by atoms with Gasteiger partial charge in [0.2, 0.25) is 0 Å². The molecule has 0 aliphatic carbocycles. The number of rotatable bonds is 15. The molecule has 4 rings (SSSR count). The van der Waals surface area contributed by atoms with E-state index in [4.69, 9.17) is 9.47 Å². The maximum absolute atomic E-state index is 13.2. The summed E-state index contributed by atoms with van der Waals surface area (Å²) in [6.07, 6.45) is 9.10. The van der Waals surface area contributed by atoms with Crippen molar-refractivity contribution in [2.45, 2.75) is 98.5 Å². The number of allylic oxidation sites excluding steroid dienone is 1. The summed E-state index contributed by atoms with van der Waals surface area (Å²) in [5.41, 5.74) is 6.10. The quantitative estimate of drug-likeness (QED) is 0.145. The van der Waals surface area contributed by atoms with Gasteiger partial charge in [-0.3, -0.25) is 14.7 Å². The van der Waals surface area contributed by atoms with E-state index in [2.05, 4.69) is 71.5 Å². The summed E-state index contributed by atoms with van der Waals surface area (Å²) in [5, 5.41) is 13.0. The minimum Gasteiger partial charge on any atom is -0.444 e. The van der Waals surface area contributed by atoms with Crippen LogP contribution in [-0.2, 0) is 16.0 Å². The van der Waals surface area contributed by atoms with Crippen LogP contribution in [0.1, 0.15) is 95.8 Å². The summed E-state index contributed by atoms with van der Waals surface area (Å²) in [4.78, 5) is 32.2. The van der Waals surface area contributed by atoms with Crippen LogP contribution in [0.25, 0.3) is 5.70 Å². The van der Waals surface area contributed by atoms with E-state index in [0.717, 1.165) is 62.3 Å². The molecule has 2 aliphatic heterocycles. The van der Waals surface area contributed by atoms with Crippen LogP contribution in [0, 0.1) is 11.8 Å². The number of nitrogens with one attached hydrogen (secondary N) is 4. The fraction of sp³-hybridized carbons (Fsp3) is 0.525. The number of hydrogen-bond acceptors (Lipinski definition) is 8. The lowest BCUT2D eigenvalue weighted by atomic mass is 9.84. The summed E-state index contributed by atoms with van der Waals surface area (Å²) in [6, 6.07) is 11.6. The summed E-state index contributed by atoms with van der Waals surface area (Å²) in [7, 11) is 0. The van der Waals surface area contributed by atoms with Crippen LogP contribution in [0.3, 0.4) is 0 Å². The van der Waals surface area contributed by atoms with Crippen molar-refractivity contribution in [1.29, 1.82) is 0 Å². The number of anilines is 1. The highest BCUT2D eigenvalue weighted by Gasteiger charge is 2.27. The molecule has 0 radical (unpaired) electrons. The summed E-state index contributed by atoms with van der Waals surface area (Å²) >= 11 is 0. The van der Waals surface area contributed by atoms with E-state index in [0.29, 0.717) is 36.3 Å². The van der Waals surface area contributed by atoms with Crippen LogP contribution >= 0.6 is 0 Å². The van der Waals surface area contributed by atoms with E-state index in [1.165, 1.54) is 11.1 Å². The van der Waals surface area contributed by atoms with E-state index in [-0.39, 0.29) is 24.2 Å². The zero-order valence-electron chi connectivity index (χ0n) is 31.1. The van der Waals surface area contributed by atoms with Gasteiger partial charge in [-0.2, -0.15) is 0 Å². The van der Waals surface area contributed by atoms with Crippen LogP contribution in [0.2, 0.25) is 0 Å². The third-order valence-corrected chi connectivity index (χ3v) is 9.40. The van der Waals surface area contributed by atoms with Crippen molar-refractivity contribution in [2.24, 2.45) is 11.8 Å². The second kappa shape index (κ2) is 18.2. The van der Waals surface area contributed by atoms with E-state index in [9.17, 15) is 9.59 Å². The lowest BCUT2D eigenvalue weighted by Crippen LogP contribution is -2.48. The average molecular weight is 687 g/mol. The Morgan fingerprint density at radius 3 is 2.62 bits per heavy atom. The van der Waals surface area contributed by atoms with E-state index in [1.54, 1.807) is 12.4 Å². The number of amides is 2. The van der Waals surface area contributed by atoms with E-state index >= 15 is 0 Å². The lowest BCUT2D eigenvalue weighted by Gasteiger charge is -2.33. The van der Waals surface area contributed by atoms with Crippen LogP contribution in [-0.4, -0.2) is 66.0 Å². The standard InChI is InChI=1S/C40H58N6O4/c1-9-21-49-22-18-27(3)28(4)29(5)34-24-35(45-37(34)41-10-2)31-13-15-32(16-14-31)43-38(47)36-23-30(17-19-42-36)25-46-20-11-12-33(26-46)44-39(48)50-40(6,7)8/h10,13-17,19,23-24,27-28,33,37,41,45H,2,9,11-12,18,20-22,25-26H2,1,3-8H3,(H,43,47)(H,44,48)/b34-29+. The van der Waals surface area contributed by atoms with Crippen LogP contribution < -0.4 is 21.3 Å². The van der Waals surface area contributed by atoms with Gasteiger partial charge in [-0.05, 0) is 125 Å². The molecule has 4 unspecified atom stereocenters. The largest absolute Gasteiger partial charge is 0.444 e. The molecule has 0 bridgehead atoms. The molecule has 2 aromatic rings. The number of carbonyl (C=O) groups excluding carboxylic acids is 2. The molecule has 2 aliphatic rings. The molecule has 1 saturated heterocycles. The Morgan fingerprint density at radius 1 is 1.16 bits per heavy atom. The number of nitrogens with zero attached hydrogens (tertiary/aromatic N) is 2. The number of alkyl carbamates (subject to hydrolysis) is 1. The molecule has 272 valence electrons. The van der Waals surface area contributed by atoms with Gasteiger partial charge in [0.1, 0.15) is 17.5 Å². The highest BCUT2D eigenvalue weighted by atomic mass is 16.6. The predicted octanol–water partition coefficient (Wildman–Crippen LogP) is 7.23. The van der Waals surface area contributed by atoms with Gasteiger partial charge in [-0.1, -0.05) is 45.1 Å². The topological polar surface area (TPSA) is 117 Å². The highest BCUT2D eigenvalue weighted by Crippen LogP contribution is 2.32.